The Balaban J connectivity index is 1.09. The van der Waals surface area contributed by atoms with Crippen molar-refractivity contribution >= 4 is 5.97 Å². The first-order valence-corrected chi connectivity index (χ1v) is 23.2. The second kappa shape index (κ2) is 20.3. The maximum absolute atomic E-state index is 12.6. The molecule has 3 saturated carbocycles. The number of carbonyl (C=O) groups is 1. The number of carbonyl (C=O) groups excluding carboxylic acids is 1. The third kappa shape index (κ3) is 11.0. The molecule has 0 aromatic carbocycles. The quantitative estimate of drug-likeness (QED) is 0.0393. The van der Waals surface area contributed by atoms with Crippen LogP contribution in [0.15, 0.2) is 11.6 Å². The average molecular weight is 774 g/mol. The van der Waals surface area contributed by atoms with Crippen molar-refractivity contribution in [3.8, 4) is 0 Å². The molecule has 0 aromatic rings. The van der Waals surface area contributed by atoms with Crippen LogP contribution in [0.1, 0.15) is 189 Å². The van der Waals surface area contributed by atoms with Gasteiger partial charge in [-0.2, -0.15) is 0 Å². The SMILES string of the molecule is CCCCCCCCCCCCCC(=O)OC[C@H]1O[C@H](OC2(O)CC[C@@]3(C)C(=CCC4C3CC[C@@]3(C)C4CC[C@@H]3[C@H](C)CCCC(C)C)C2)[C@H](N)[C@@H](O)[C@@H]1O. The maximum Gasteiger partial charge on any atom is 0.305 e. The fraction of sp³-hybridized carbons (Fsp3) is 0.936. The van der Waals surface area contributed by atoms with Crippen LogP contribution in [0, 0.1) is 46.3 Å². The molecular weight excluding hydrogens is 691 g/mol. The van der Waals surface area contributed by atoms with E-state index < -0.39 is 36.4 Å². The number of hydrogen-bond donors (Lipinski definition) is 4. The van der Waals surface area contributed by atoms with Crippen LogP contribution in [0.2, 0.25) is 0 Å². The van der Waals surface area contributed by atoms with Gasteiger partial charge in [0.1, 0.15) is 24.9 Å². The van der Waals surface area contributed by atoms with E-state index in [0.717, 1.165) is 55.8 Å². The average Bonchev–Trinajstić information content (AvgIpc) is 3.51. The number of nitrogens with two attached hydrogens (primary N) is 1. The molecule has 0 bridgehead atoms. The van der Waals surface area contributed by atoms with E-state index in [9.17, 15) is 20.1 Å². The van der Waals surface area contributed by atoms with Gasteiger partial charge in [-0.15, -0.1) is 0 Å². The highest BCUT2D eigenvalue weighted by atomic mass is 16.8. The second-order valence-electron chi connectivity index (χ2n) is 20.1. The zero-order valence-corrected chi connectivity index (χ0v) is 36.0. The normalized spacial score (nSPS) is 39.3. The lowest BCUT2D eigenvalue weighted by atomic mass is 9.46. The van der Waals surface area contributed by atoms with Gasteiger partial charge in [0.25, 0.3) is 0 Å². The summed E-state index contributed by atoms with van der Waals surface area (Å²) >= 11 is 0. The van der Waals surface area contributed by atoms with Crippen molar-refractivity contribution in [2.24, 2.45) is 52.1 Å². The molecule has 4 aliphatic carbocycles. The van der Waals surface area contributed by atoms with Gasteiger partial charge in [-0.05, 0) is 91.3 Å². The van der Waals surface area contributed by atoms with Gasteiger partial charge in [-0.25, -0.2) is 0 Å². The molecule has 0 amide bonds. The molecule has 318 valence electrons. The lowest BCUT2D eigenvalue weighted by molar-refractivity contribution is -0.345. The largest absolute Gasteiger partial charge is 0.463 e. The first-order chi connectivity index (χ1) is 26.2. The lowest BCUT2D eigenvalue weighted by Gasteiger charge is -2.59. The highest BCUT2D eigenvalue weighted by Gasteiger charge is 2.60. The van der Waals surface area contributed by atoms with E-state index in [1.165, 1.54) is 102 Å². The molecule has 4 unspecified atom stereocenters. The Hall–Kier alpha value is -1.03. The molecule has 5 N–H and O–H groups in total. The molecule has 1 heterocycles. The Morgan fingerprint density at radius 1 is 0.873 bits per heavy atom. The number of unbranched alkanes of at least 4 members (excludes halogenated alkanes) is 10. The van der Waals surface area contributed by atoms with E-state index in [4.69, 9.17) is 19.9 Å². The monoisotopic (exact) mass is 774 g/mol. The maximum atomic E-state index is 12.6. The molecule has 1 aliphatic heterocycles. The highest BCUT2D eigenvalue weighted by Crippen LogP contribution is 2.68. The van der Waals surface area contributed by atoms with Gasteiger partial charge in [0.2, 0.25) is 0 Å². The molecule has 55 heavy (non-hydrogen) atoms. The Labute approximate surface area is 335 Å². The minimum absolute atomic E-state index is 0.0245. The van der Waals surface area contributed by atoms with Gasteiger partial charge in [0.15, 0.2) is 12.1 Å². The van der Waals surface area contributed by atoms with E-state index >= 15 is 0 Å². The fourth-order valence-electron chi connectivity index (χ4n) is 12.3. The summed E-state index contributed by atoms with van der Waals surface area (Å²) in [5.74, 6) is 2.63. The van der Waals surface area contributed by atoms with Crippen LogP contribution in [-0.2, 0) is 19.0 Å². The summed E-state index contributed by atoms with van der Waals surface area (Å²) in [6.45, 7) is 14.3. The minimum atomic E-state index is -1.49. The number of esters is 1. The van der Waals surface area contributed by atoms with Crippen LogP contribution >= 0.6 is 0 Å². The van der Waals surface area contributed by atoms with Crippen molar-refractivity contribution in [2.45, 2.75) is 226 Å². The Bertz CT molecular complexity index is 1230. The topological polar surface area (TPSA) is 131 Å². The fourth-order valence-corrected chi connectivity index (χ4v) is 12.3. The molecule has 8 heteroatoms. The van der Waals surface area contributed by atoms with E-state index in [1.807, 2.05) is 0 Å². The number of aliphatic hydroxyl groups is 3. The summed E-state index contributed by atoms with van der Waals surface area (Å²) < 4.78 is 17.9. The van der Waals surface area contributed by atoms with Crippen molar-refractivity contribution in [3.63, 3.8) is 0 Å². The molecule has 0 spiro atoms. The predicted molar refractivity (Wildman–Crippen MR) is 220 cm³/mol. The molecule has 8 nitrogen and oxygen atoms in total. The number of fused-ring (bicyclic) bond motifs is 5. The van der Waals surface area contributed by atoms with E-state index in [-0.39, 0.29) is 18.0 Å². The van der Waals surface area contributed by atoms with Crippen LogP contribution in [0.25, 0.3) is 0 Å². The van der Waals surface area contributed by atoms with Gasteiger partial charge >= 0.3 is 5.97 Å². The van der Waals surface area contributed by atoms with Crippen molar-refractivity contribution in [1.82, 2.24) is 0 Å². The molecule has 0 aromatic heterocycles. The van der Waals surface area contributed by atoms with Crippen molar-refractivity contribution in [1.29, 1.82) is 0 Å². The number of allylic oxidation sites excluding steroid dienone is 1. The van der Waals surface area contributed by atoms with Gasteiger partial charge in [-0.3, -0.25) is 4.79 Å². The number of hydrogen-bond acceptors (Lipinski definition) is 8. The van der Waals surface area contributed by atoms with E-state index in [0.29, 0.717) is 36.5 Å². The standard InChI is InChI=1S/C47H83NO7/c1-7-8-9-10-11-12-13-14-15-16-17-21-40(49)53-31-39-42(50)43(51)41(48)44(54-39)55-47(52)29-28-45(5)34(30-47)22-23-35-37-25-24-36(33(4)20-18-19-32(2)3)46(37,6)27-26-38(35)45/h22,32-33,35-39,41-44,50-52H,7-21,23-31,48H2,1-6H3/t33-,35?,36-,37?,38?,39-,41-,42-,43-,44-,45+,46-,47?/m1/s1. The minimum Gasteiger partial charge on any atom is -0.463 e. The first kappa shape index (κ1) is 45.1. The molecule has 13 atom stereocenters. The Morgan fingerprint density at radius 3 is 2.22 bits per heavy atom. The van der Waals surface area contributed by atoms with E-state index in [1.54, 1.807) is 0 Å². The molecule has 5 rings (SSSR count). The van der Waals surface area contributed by atoms with Crippen molar-refractivity contribution in [3.05, 3.63) is 11.6 Å². The Kier molecular flexibility index (Phi) is 16.6. The summed E-state index contributed by atoms with van der Waals surface area (Å²) in [5.41, 5.74) is 8.07. The summed E-state index contributed by atoms with van der Waals surface area (Å²) in [4.78, 5) is 12.6. The number of ether oxygens (including phenoxy) is 3. The Morgan fingerprint density at radius 2 is 1.55 bits per heavy atom. The molecule has 1 saturated heterocycles. The van der Waals surface area contributed by atoms with Crippen LogP contribution < -0.4 is 5.73 Å². The van der Waals surface area contributed by atoms with Crippen LogP contribution in [0.4, 0.5) is 0 Å². The summed E-state index contributed by atoms with van der Waals surface area (Å²) in [5, 5.41) is 33.6. The van der Waals surface area contributed by atoms with Gasteiger partial charge in [0, 0.05) is 19.3 Å². The summed E-state index contributed by atoms with van der Waals surface area (Å²) in [7, 11) is 0. The summed E-state index contributed by atoms with van der Waals surface area (Å²) in [6, 6.07) is -1.06. The number of aliphatic hydroxyl groups excluding tert-OH is 2. The molecule has 4 fully saturated rings. The third-order valence-corrected chi connectivity index (χ3v) is 15.8. The van der Waals surface area contributed by atoms with E-state index in [2.05, 4.69) is 47.6 Å². The summed E-state index contributed by atoms with van der Waals surface area (Å²) in [6.07, 6.45) is 23.2. The third-order valence-electron chi connectivity index (χ3n) is 15.8. The van der Waals surface area contributed by atoms with Crippen molar-refractivity contribution < 1.29 is 34.3 Å². The molecular formula is C47H83NO7. The zero-order chi connectivity index (χ0) is 39.8. The van der Waals surface area contributed by atoms with Gasteiger partial charge in [-0.1, -0.05) is 137 Å². The lowest BCUT2D eigenvalue weighted by Crippen LogP contribution is -2.64. The zero-order valence-electron chi connectivity index (χ0n) is 36.0. The first-order valence-electron chi connectivity index (χ1n) is 23.2. The highest BCUT2D eigenvalue weighted by molar-refractivity contribution is 5.69. The van der Waals surface area contributed by atoms with Gasteiger partial charge < -0.3 is 35.3 Å². The van der Waals surface area contributed by atoms with Crippen molar-refractivity contribution in [2.75, 3.05) is 6.61 Å². The van der Waals surface area contributed by atoms with Crippen LogP contribution in [0.5, 0.6) is 0 Å². The van der Waals surface area contributed by atoms with Crippen LogP contribution in [-0.4, -0.2) is 64.3 Å². The van der Waals surface area contributed by atoms with Gasteiger partial charge in [0.05, 0.1) is 6.04 Å². The molecule has 0 radical (unpaired) electrons. The van der Waals surface area contributed by atoms with Crippen LogP contribution in [0.3, 0.4) is 0 Å². The second-order valence-corrected chi connectivity index (χ2v) is 20.1. The smallest absolute Gasteiger partial charge is 0.305 e. The predicted octanol–water partition coefficient (Wildman–Crippen LogP) is 9.75. The molecule has 5 aliphatic rings. The number of rotatable bonds is 21.